The Balaban J connectivity index is 3.88. The Hall–Kier alpha value is -1.04. The minimum Gasteiger partial charge on any atom is -0.393 e. The number of rotatable bonds is 33. The van der Waals surface area contributed by atoms with Gasteiger partial charge in [-0.3, -0.25) is 9.59 Å². The van der Waals surface area contributed by atoms with Crippen molar-refractivity contribution in [3.05, 3.63) is 12.2 Å². The molecule has 0 saturated carbocycles. The molecular weight excluding hydrogens is 524 g/mol. The Labute approximate surface area is 260 Å². The highest BCUT2D eigenvalue weighted by Gasteiger charge is 2.45. The van der Waals surface area contributed by atoms with Crippen molar-refractivity contribution < 1.29 is 24.9 Å². The number of ketones is 2. The fourth-order valence-corrected chi connectivity index (χ4v) is 5.62. The smallest absolute Gasteiger partial charge is 0.178 e. The van der Waals surface area contributed by atoms with E-state index in [1.165, 1.54) is 103 Å². The Bertz CT molecular complexity index is 646. The van der Waals surface area contributed by atoms with Gasteiger partial charge < -0.3 is 15.3 Å². The van der Waals surface area contributed by atoms with Crippen molar-refractivity contribution in [1.29, 1.82) is 0 Å². The van der Waals surface area contributed by atoms with Crippen LogP contribution >= 0.6 is 0 Å². The van der Waals surface area contributed by atoms with Crippen LogP contribution in [0.3, 0.4) is 0 Å². The number of hydrogen-bond donors (Lipinski definition) is 3. The number of aliphatic hydroxyl groups excluding tert-OH is 2. The lowest BCUT2D eigenvalue weighted by Crippen LogP contribution is -2.55. The quantitative estimate of drug-likeness (QED) is 0.0519. The molecule has 0 saturated heterocycles. The SMILES string of the molecule is CCCCCCCCC=CCCCCCCCC(=O)C(O)C(O)(CO)C(=O)CCCCCCCCCCCCCCC. The summed E-state index contributed by atoms with van der Waals surface area (Å²) in [5.41, 5.74) is -2.38. The van der Waals surface area contributed by atoms with Crippen molar-refractivity contribution in [3.63, 3.8) is 0 Å². The first kappa shape index (κ1) is 41.0. The summed E-state index contributed by atoms with van der Waals surface area (Å²) in [6.45, 7) is 3.56. The van der Waals surface area contributed by atoms with Crippen LogP contribution in [0, 0.1) is 0 Å². The van der Waals surface area contributed by atoms with Crippen molar-refractivity contribution in [2.75, 3.05) is 6.61 Å². The number of allylic oxidation sites excluding steroid dienone is 2. The highest BCUT2D eigenvalue weighted by Crippen LogP contribution is 2.20. The van der Waals surface area contributed by atoms with Gasteiger partial charge in [0.1, 0.15) is 0 Å². The zero-order valence-electron chi connectivity index (χ0n) is 27.9. The lowest BCUT2D eigenvalue weighted by atomic mass is 9.85. The zero-order valence-corrected chi connectivity index (χ0v) is 27.9. The van der Waals surface area contributed by atoms with Crippen LogP contribution in [0.4, 0.5) is 0 Å². The summed E-state index contributed by atoms with van der Waals surface area (Å²) in [5, 5.41) is 30.8. The first-order valence-electron chi connectivity index (χ1n) is 18.2. The molecule has 0 aromatic rings. The number of aliphatic hydroxyl groups is 3. The van der Waals surface area contributed by atoms with Crippen LogP contribution < -0.4 is 0 Å². The normalized spacial score (nSPS) is 13.9. The van der Waals surface area contributed by atoms with E-state index in [1.807, 2.05) is 0 Å². The van der Waals surface area contributed by atoms with Crippen molar-refractivity contribution in [1.82, 2.24) is 0 Å². The van der Waals surface area contributed by atoms with Gasteiger partial charge in [-0.2, -0.15) is 0 Å². The van der Waals surface area contributed by atoms with Gasteiger partial charge in [-0.05, 0) is 38.5 Å². The first-order valence-corrected chi connectivity index (χ1v) is 18.2. The Morgan fingerprint density at radius 1 is 0.548 bits per heavy atom. The molecule has 0 bridgehead atoms. The second-order valence-corrected chi connectivity index (χ2v) is 12.7. The van der Waals surface area contributed by atoms with Crippen LogP contribution in [0.5, 0.6) is 0 Å². The average Bonchev–Trinajstić information content (AvgIpc) is 3.00. The van der Waals surface area contributed by atoms with Gasteiger partial charge in [0, 0.05) is 12.8 Å². The molecule has 0 rings (SSSR count). The average molecular weight is 595 g/mol. The monoisotopic (exact) mass is 595 g/mol. The maximum Gasteiger partial charge on any atom is 0.178 e. The molecule has 42 heavy (non-hydrogen) atoms. The van der Waals surface area contributed by atoms with Crippen LogP contribution in [0.1, 0.15) is 194 Å². The summed E-state index contributed by atoms with van der Waals surface area (Å²) < 4.78 is 0. The van der Waals surface area contributed by atoms with Gasteiger partial charge in [-0.15, -0.1) is 0 Å². The molecule has 0 aliphatic rings. The lowest BCUT2D eigenvalue weighted by Gasteiger charge is -2.29. The molecule has 0 aromatic carbocycles. The molecule has 248 valence electrons. The molecule has 5 heteroatoms. The van der Waals surface area contributed by atoms with E-state index in [4.69, 9.17) is 0 Å². The van der Waals surface area contributed by atoms with E-state index in [9.17, 15) is 24.9 Å². The van der Waals surface area contributed by atoms with Gasteiger partial charge >= 0.3 is 0 Å². The van der Waals surface area contributed by atoms with Crippen LogP contribution in [-0.4, -0.2) is 45.2 Å². The van der Waals surface area contributed by atoms with Crippen LogP contribution in [0.25, 0.3) is 0 Å². The van der Waals surface area contributed by atoms with Crippen molar-refractivity contribution in [2.24, 2.45) is 0 Å². The number of hydrogen-bond acceptors (Lipinski definition) is 5. The molecule has 2 atom stereocenters. The van der Waals surface area contributed by atoms with Crippen molar-refractivity contribution >= 4 is 11.6 Å². The first-order chi connectivity index (χ1) is 20.4. The van der Waals surface area contributed by atoms with E-state index >= 15 is 0 Å². The van der Waals surface area contributed by atoms with Gasteiger partial charge in [0.05, 0.1) is 6.61 Å². The van der Waals surface area contributed by atoms with E-state index in [-0.39, 0.29) is 12.8 Å². The van der Waals surface area contributed by atoms with Gasteiger partial charge in [0.2, 0.25) is 0 Å². The van der Waals surface area contributed by atoms with Gasteiger partial charge in [0.15, 0.2) is 23.3 Å². The topological polar surface area (TPSA) is 94.8 Å². The number of carbonyl (C=O) groups excluding carboxylic acids is 2. The predicted octanol–water partition coefficient (Wildman–Crippen LogP) is 9.73. The molecule has 0 spiro atoms. The maximum absolute atomic E-state index is 12.6. The van der Waals surface area contributed by atoms with E-state index < -0.39 is 29.9 Å². The van der Waals surface area contributed by atoms with Crippen LogP contribution in [-0.2, 0) is 9.59 Å². The van der Waals surface area contributed by atoms with E-state index in [2.05, 4.69) is 26.0 Å². The molecule has 0 fully saturated rings. The van der Waals surface area contributed by atoms with E-state index in [0.29, 0.717) is 12.8 Å². The second kappa shape index (κ2) is 30.0. The molecule has 0 aliphatic heterocycles. The molecule has 0 radical (unpaired) electrons. The van der Waals surface area contributed by atoms with Crippen LogP contribution in [0.2, 0.25) is 0 Å². The Kier molecular flexibility index (Phi) is 29.3. The van der Waals surface area contributed by atoms with Crippen molar-refractivity contribution in [2.45, 2.75) is 205 Å². The summed E-state index contributed by atoms with van der Waals surface area (Å²) in [6, 6.07) is 0. The van der Waals surface area contributed by atoms with Gasteiger partial charge in [0.25, 0.3) is 0 Å². The van der Waals surface area contributed by atoms with E-state index in [1.54, 1.807) is 0 Å². The highest BCUT2D eigenvalue weighted by atomic mass is 16.4. The Morgan fingerprint density at radius 3 is 1.26 bits per heavy atom. The maximum atomic E-state index is 12.6. The summed E-state index contributed by atoms with van der Waals surface area (Å²) in [7, 11) is 0. The fourth-order valence-electron chi connectivity index (χ4n) is 5.62. The zero-order chi connectivity index (χ0) is 31.2. The molecule has 2 unspecified atom stereocenters. The van der Waals surface area contributed by atoms with Gasteiger partial charge in [-0.1, -0.05) is 154 Å². The molecule has 0 heterocycles. The highest BCUT2D eigenvalue weighted by molar-refractivity contribution is 5.96. The summed E-state index contributed by atoms with van der Waals surface area (Å²) in [4.78, 5) is 25.1. The molecular formula is C37H70O5. The molecule has 0 aromatic heterocycles. The summed E-state index contributed by atoms with van der Waals surface area (Å²) in [5.74, 6) is -1.18. The van der Waals surface area contributed by atoms with Crippen LogP contribution in [0.15, 0.2) is 12.2 Å². The number of carbonyl (C=O) groups is 2. The minimum atomic E-state index is -2.38. The fraction of sp³-hybridized carbons (Fsp3) is 0.892. The molecule has 0 amide bonds. The van der Waals surface area contributed by atoms with E-state index in [0.717, 1.165) is 51.4 Å². The number of Topliss-reactive ketones (excluding diaryl/α,β-unsaturated/α-hetero) is 2. The summed E-state index contributed by atoms with van der Waals surface area (Å²) >= 11 is 0. The third kappa shape index (κ3) is 22.5. The second-order valence-electron chi connectivity index (χ2n) is 12.7. The molecule has 5 nitrogen and oxygen atoms in total. The standard InChI is InChI=1S/C37H70O5/c1-3-5-7-9-11-13-15-17-18-20-21-23-25-27-29-31-34(39)36(41)37(42,33-38)35(40)32-30-28-26-24-22-19-16-14-12-10-8-6-4-2/h17-18,36,38,41-42H,3-16,19-33H2,1-2H3. The predicted molar refractivity (Wildman–Crippen MR) is 178 cm³/mol. The third-order valence-electron chi connectivity index (χ3n) is 8.67. The number of unbranched alkanes of at least 4 members (excludes halogenated alkanes) is 23. The minimum absolute atomic E-state index is 0.0760. The largest absolute Gasteiger partial charge is 0.393 e. The third-order valence-corrected chi connectivity index (χ3v) is 8.67. The van der Waals surface area contributed by atoms with Crippen molar-refractivity contribution in [3.8, 4) is 0 Å². The molecule has 0 aliphatic carbocycles. The summed E-state index contributed by atoms with van der Waals surface area (Å²) in [6.07, 6.45) is 33.5. The lowest BCUT2D eigenvalue weighted by molar-refractivity contribution is -0.165. The van der Waals surface area contributed by atoms with Gasteiger partial charge in [-0.25, -0.2) is 0 Å². The Morgan fingerprint density at radius 2 is 0.881 bits per heavy atom. The molecule has 3 N–H and O–H groups in total.